The second-order valence-corrected chi connectivity index (χ2v) is 6.15. The summed E-state index contributed by atoms with van der Waals surface area (Å²) in [6, 6.07) is 11.7. The highest BCUT2D eigenvalue weighted by molar-refractivity contribution is 9.10. The standard InChI is InChI=1S/C16H10BrClN2O3/c17-10-5-1-2-7-12(10)19-13(21)8-20-15(22)9-4-3-6-11(18)14(9)16(20)23/h1-7H,8H2,(H,19,21). The molecule has 0 fully saturated rings. The van der Waals surface area contributed by atoms with Gasteiger partial charge in [-0.15, -0.1) is 0 Å². The van der Waals surface area contributed by atoms with Gasteiger partial charge in [-0.1, -0.05) is 29.8 Å². The van der Waals surface area contributed by atoms with E-state index in [0.29, 0.717) is 10.2 Å². The van der Waals surface area contributed by atoms with Crippen molar-refractivity contribution in [3.05, 3.63) is 63.1 Å². The third-order valence-corrected chi connectivity index (χ3v) is 4.40. The second kappa shape index (κ2) is 6.14. The minimum absolute atomic E-state index is 0.146. The zero-order valence-electron chi connectivity index (χ0n) is 11.7. The van der Waals surface area contributed by atoms with Gasteiger partial charge >= 0.3 is 0 Å². The number of nitrogens with one attached hydrogen (secondary N) is 1. The lowest BCUT2D eigenvalue weighted by atomic mass is 10.1. The molecule has 0 radical (unpaired) electrons. The summed E-state index contributed by atoms with van der Waals surface area (Å²) in [6.45, 7) is -0.371. The van der Waals surface area contributed by atoms with Gasteiger partial charge in [-0.05, 0) is 40.2 Å². The molecular formula is C16H10BrClN2O3. The number of rotatable bonds is 3. The summed E-state index contributed by atoms with van der Waals surface area (Å²) in [5.74, 6) is -1.55. The maximum atomic E-state index is 12.3. The molecule has 2 aromatic rings. The highest BCUT2D eigenvalue weighted by Gasteiger charge is 2.38. The average molecular weight is 394 g/mol. The van der Waals surface area contributed by atoms with Gasteiger partial charge in [-0.2, -0.15) is 0 Å². The van der Waals surface area contributed by atoms with Gasteiger partial charge in [0.1, 0.15) is 6.54 Å². The monoisotopic (exact) mass is 392 g/mol. The summed E-state index contributed by atoms with van der Waals surface area (Å²) >= 11 is 9.29. The Morgan fingerprint density at radius 1 is 1.09 bits per heavy atom. The number of amides is 3. The van der Waals surface area contributed by atoms with E-state index in [1.54, 1.807) is 24.3 Å². The van der Waals surface area contributed by atoms with E-state index < -0.39 is 17.7 Å². The smallest absolute Gasteiger partial charge is 0.263 e. The van der Waals surface area contributed by atoms with Crippen molar-refractivity contribution in [2.24, 2.45) is 0 Å². The van der Waals surface area contributed by atoms with Crippen molar-refractivity contribution in [1.82, 2.24) is 4.90 Å². The minimum atomic E-state index is -0.558. The van der Waals surface area contributed by atoms with Crippen molar-refractivity contribution in [3.63, 3.8) is 0 Å². The van der Waals surface area contributed by atoms with Crippen LogP contribution >= 0.6 is 27.5 Å². The number of hydrogen-bond acceptors (Lipinski definition) is 3. The van der Waals surface area contributed by atoms with E-state index in [9.17, 15) is 14.4 Å². The van der Waals surface area contributed by atoms with E-state index in [0.717, 1.165) is 4.90 Å². The Morgan fingerprint density at radius 3 is 2.52 bits per heavy atom. The van der Waals surface area contributed by atoms with E-state index in [-0.39, 0.29) is 22.7 Å². The van der Waals surface area contributed by atoms with Gasteiger partial charge in [0, 0.05) is 4.47 Å². The molecular weight excluding hydrogens is 384 g/mol. The van der Waals surface area contributed by atoms with Gasteiger partial charge in [0.15, 0.2) is 0 Å². The molecule has 1 aliphatic heterocycles. The Labute approximate surface area is 145 Å². The van der Waals surface area contributed by atoms with Gasteiger partial charge in [-0.3, -0.25) is 19.3 Å². The first kappa shape index (κ1) is 15.7. The number of carbonyl (C=O) groups is 3. The number of carbonyl (C=O) groups excluding carboxylic acids is 3. The van der Waals surface area contributed by atoms with E-state index in [4.69, 9.17) is 11.6 Å². The Kier molecular flexibility index (Phi) is 4.19. The van der Waals surface area contributed by atoms with Crippen LogP contribution in [0.4, 0.5) is 5.69 Å². The summed E-state index contributed by atoms with van der Waals surface area (Å²) in [5.41, 5.74) is 0.927. The molecule has 3 amide bonds. The van der Waals surface area contributed by atoms with Crippen LogP contribution in [0.3, 0.4) is 0 Å². The lowest BCUT2D eigenvalue weighted by Gasteiger charge is -2.14. The molecule has 0 aliphatic carbocycles. The van der Waals surface area contributed by atoms with Crippen LogP contribution in [0.25, 0.3) is 0 Å². The molecule has 0 spiro atoms. The molecule has 0 aromatic heterocycles. The maximum absolute atomic E-state index is 12.3. The number of anilines is 1. The van der Waals surface area contributed by atoms with Crippen LogP contribution in [0.1, 0.15) is 20.7 Å². The fraction of sp³-hybridized carbons (Fsp3) is 0.0625. The molecule has 0 unspecified atom stereocenters. The molecule has 2 aromatic carbocycles. The minimum Gasteiger partial charge on any atom is -0.324 e. The number of hydrogen-bond donors (Lipinski definition) is 1. The summed E-state index contributed by atoms with van der Waals surface area (Å²) in [7, 11) is 0. The van der Waals surface area contributed by atoms with Crippen molar-refractivity contribution >= 4 is 50.9 Å². The van der Waals surface area contributed by atoms with Crippen molar-refractivity contribution in [2.45, 2.75) is 0 Å². The third-order valence-electron chi connectivity index (χ3n) is 3.40. The first-order valence-corrected chi connectivity index (χ1v) is 7.85. The number of halogens is 2. The van der Waals surface area contributed by atoms with Crippen LogP contribution in [0.15, 0.2) is 46.9 Å². The molecule has 1 N–H and O–H groups in total. The highest BCUT2D eigenvalue weighted by atomic mass is 79.9. The molecule has 0 saturated carbocycles. The fourth-order valence-electron chi connectivity index (χ4n) is 2.33. The van der Waals surface area contributed by atoms with Crippen LogP contribution in [0.2, 0.25) is 5.02 Å². The quantitative estimate of drug-likeness (QED) is 0.813. The maximum Gasteiger partial charge on any atom is 0.263 e. The number of benzene rings is 2. The number of para-hydroxylation sites is 1. The molecule has 0 atom stereocenters. The third kappa shape index (κ3) is 2.87. The van der Waals surface area contributed by atoms with Crippen molar-refractivity contribution in [1.29, 1.82) is 0 Å². The molecule has 1 heterocycles. The van der Waals surface area contributed by atoms with Crippen LogP contribution in [0.5, 0.6) is 0 Å². The molecule has 116 valence electrons. The van der Waals surface area contributed by atoms with E-state index in [1.165, 1.54) is 12.1 Å². The zero-order chi connectivity index (χ0) is 16.6. The Balaban J connectivity index is 1.78. The van der Waals surface area contributed by atoms with E-state index in [1.807, 2.05) is 6.07 Å². The summed E-state index contributed by atoms with van der Waals surface area (Å²) in [5, 5.41) is 2.86. The Hall–Kier alpha value is -2.18. The predicted molar refractivity (Wildman–Crippen MR) is 89.6 cm³/mol. The van der Waals surface area contributed by atoms with Gasteiger partial charge < -0.3 is 5.32 Å². The van der Waals surface area contributed by atoms with E-state index in [2.05, 4.69) is 21.2 Å². The second-order valence-electron chi connectivity index (χ2n) is 4.89. The Morgan fingerprint density at radius 2 is 1.83 bits per heavy atom. The largest absolute Gasteiger partial charge is 0.324 e. The molecule has 7 heteroatoms. The summed E-state index contributed by atoms with van der Waals surface area (Å²) < 4.78 is 0.707. The predicted octanol–water partition coefficient (Wildman–Crippen LogP) is 3.34. The normalized spacial score (nSPS) is 13.2. The van der Waals surface area contributed by atoms with Gasteiger partial charge in [0.2, 0.25) is 5.91 Å². The van der Waals surface area contributed by atoms with Gasteiger partial charge in [0.05, 0.1) is 21.8 Å². The van der Waals surface area contributed by atoms with Crippen LogP contribution in [-0.4, -0.2) is 29.2 Å². The van der Waals surface area contributed by atoms with Crippen LogP contribution < -0.4 is 5.32 Å². The number of imide groups is 1. The van der Waals surface area contributed by atoms with Gasteiger partial charge in [-0.25, -0.2) is 0 Å². The number of fused-ring (bicyclic) bond motifs is 1. The topological polar surface area (TPSA) is 66.5 Å². The first-order chi connectivity index (χ1) is 11.0. The summed E-state index contributed by atoms with van der Waals surface area (Å²) in [6.07, 6.45) is 0. The lowest BCUT2D eigenvalue weighted by molar-refractivity contribution is -0.116. The SMILES string of the molecule is O=C(CN1C(=O)c2cccc(Cl)c2C1=O)Nc1ccccc1Br. The van der Waals surface area contributed by atoms with Crippen LogP contribution in [0, 0.1) is 0 Å². The average Bonchev–Trinajstić information content (AvgIpc) is 2.76. The molecule has 3 rings (SSSR count). The van der Waals surface area contributed by atoms with Crippen molar-refractivity contribution < 1.29 is 14.4 Å². The molecule has 5 nitrogen and oxygen atoms in total. The van der Waals surface area contributed by atoms with Crippen molar-refractivity contribution in [2.75, 3.05) is 11.9 Å². The summed E-state index contributed by atoms with van der Waals surface area (Å²) in [4.78, 5) is 37.6. The Bertz CT molecular complexity index is 838. The van der Waals surface area contributed by atoms with Crippen LogP contribution in [-0.2, 0) is 4.79 Å². The molecule has 1 aliphatic rings. The fourth-order valence-corrected chi connectivity index (χ4v) is 2.97. The lowest BCUT2D eigenvalue weighted by Crippen LogP contribution is -2.37. The molecule has 0 saturated heterocycles. The van der Waals surface area contributed by atoms with E-state index >= 15 is 0 Å². The molecule has 23 heavy (non-hydrogen) atoms. The number of nitrogens with zero attached hydrogens (tertiary/aromatic N) is 1. The highest BCUT2D eigenvalue weighted by Crippen LogP contribution is 2.29. The first-order valence-electron chi connectivity index (χ1n) is 6.68. The molecule has 0 bridgehead atoms. The van der Waals surface area contributed by atoms with Gasteiger partial charge in [0.25, 0.3) is 11.8 Å². The van der Waals surface area contributed by atoms with Crippen molar-refractivity contribution in [3.8, 4) is 0 Å². The zero-order valence-corrected chi connectivity index (χ0v) is 14.0.